The molecule has 2 aliphatic heterocycles. The van der Waals surface area contributed by atoms with E-state index in [1.165, 1.54) is 37.7 Å². The number of benzene rings is 1. The molecule has 4 heteroatoms. The average Bonchev–Trinajstić information content (AvgIpc) is 3.14. The number of methoxy groups -OCH3 is 1. The molecule has 136 valence electrons. The van der Waals surface area contributed by atoms with Crippen molar-refractivity contribution in [3.05, 3.63) is 29.8 Å². The van der Waals surface area contributed by atoms with Gasteiger partial charge in [0.25, 0.3) is 0 Å². The summed E-state index contributed by atoms with van der Waals surface area (Å²) in [6.07, 6.45) is 7.58. The molecule has 0 radical (unpaired) electrons. The van der Waals surface area contributed by atoms with Crippen LogP contribution in [-0.4, -0.2) is 48.5 Å². The fourth-order valence-corrected chi connectivity index (χ4v) is 4.99. The van der Waals surface area contributed by atoms with Crippen LogP contribution >= 0.6 is 0 Å². The Morgan fingerprint density at radius 2 is 2.04 bits per heavy atom. The topological polar surface area (TPSA) is 32.8 Å². The van der Waals surface area contributed by atoms with Gasteiger partial charge >= 0.3 is 0 Å². The van der Waals surface area contributed by atoms with Crippen LogP contribution in [0.15, 0.2) is 24.3 Å². The number of hydrogen-bond acceptors (Lipinski definition) is 3. The van der Waals surface area contributed by atoms with E-state index >= 15 is 0 Å². The van der Waals surface area contributed by atoms with E-state index in [0.29, 0.717) is 11.8 Å². The molecule has 25 heavy (non-hydrogen) atoms. The molecule has 3 aliphatic rings. The van der Waals surface area contributed by atoms with Gasteiger partial charge in [0.15, 0.2) is 0 Å². The van der Waals surface area contributed by atoms with Crippen molar-refractivity contribution in [1.29, 1.82) is 0 Å². The van der Waals surface area contributed by atoms with E-state index in [1.807, 2.05) is 12.1 Å². The summed E-state index contributed by atoms with van der Waals surface area (Å²) in [7, 11) is 1.70. The normalized spacial score (nSPS) is 27.7. The highest BCUT2D eigenvalue weighted by atomic mass is 16.5. The number of fused-ring (bicyclic) bond motifs is 2. The van der Waals surface area contributed by atoms with Gasteiger partial charge in [-0.1, -0.05) is 25.0 Å². The molecule has 1 amide bonds. The summed E-state index contributed by atoms with van der Waals surface area (Å²) >= 11 is 0. The zero-order chi connectivity index (χ0) is 17.2. The summed E-state index contributed by atoms with van der Waals surface area (Å²) in [5, 5.41) is 0. The number of piperidine rings is 2. The fraction of sp³-hybridized carbons (Fsp3) is 0.667. The lowest BCUT2D eigenvalue weighted by Crippen LogP contribution is -2.59. The molecule has 0 N–H and O–H groups in total. The first-order valence-electron chi connectivity index (χ1n) is 9.88. The number of rotatable bonds is 5. The van der Waals surface area contributed by atoms with Crippen LogP contribution in [0.25, 0.3) is 0 Å². The zero-order valence-electron chi connectivity index (χ0n) is 15.3. The van der Waals surface area contributed by atoms with Gasteiger partial charge < -0.3 is 9.64 Å². The molecule has 2 bridgehead atoms. The SMILES string of the molecule is COc1cccc(CN2CC[C@H]3C[C@@H]2C(=O)N(CC2CCCC2)C3)c1. The van der Waals surface area contributed by atoms with E-state index in [0.717, 1.165) is 44.3 Å². The minimum Gasteiger partial charge on any atom is -0.497 e. The van der Waals surface area contributed by atoms with Gasteiger partial charge in [0.05, 0.1) is 13.2 Å². The van der Waals surface area contributed by atoms with Crippen molar-refractivity contribution in [2.75, 3.05) is 26.7 Å². The van der Waals surface area contributed by atoms with Gasteiger partial charge in [-0.15, -0.1) is 0 Å². The summed E-state index contributed by atoms with van der Waals surface area (Å²) in [5.74, 6) is 2.72. The summed E-state index contributed by atoms with van der Waals surface area (Å²) in [4.78, 5) is 17.7. The van der Waals surface area contributed by atoms with Crippen LogP contribution in [0.1, 0.15) is 44.1 Å². The van der Waals surface area contributed by atoms with Gasteiger partial charge in [-0.05, 0) is 61.8 Å². The van der Waals surface area contributed by atoms with E-state index in [1.54, 1.807) is 7.11 Å². The molecule has 4 rings (SSSR count). The van der Waals surface area contributed by atoms with Crippen molar-refractivity contribution < 1.29 is 9.53 Å². The van der Waals surface area contributed by atoms with Crippen molar-refractivity contribution in [2.24, 2.45) is 11.8 Å². The Morgan fingerprint density at radius 3 is 2.84 bits per heavy atom. The number of carbonyl (C=O) groups excluding carboxylic acids is 1. The molecule has 1 aliphatic carbocycles. The Morgan fingerprint density at radius 1 is 1.20 bits per heavy atom. The highest BCUT2D eigenvalue weighted by Gasteiger charge is 2.41. The Hall–Kier alpha value is -1.55. The van der Waals surface area contributed by atoms with E-state index in [4.69, 9.17) is 4.74 Å². The molecule has 0 spiro atoms. The maximum absolute atomic E-state index is 13.1. The molecular formula is C21H30N2O2. The summed E-state index contributed by atoms with van der Waals surface area (Å²) < 4.78 is 5.34. The molecule has 4 nitrogen and oxygen atoms in total. The van der Waals surface area contributed by atoms with Crippen LogP contribution in [0.5, 0.6) is 5.75 Å². The predicted octanol–water partition coefficient (Wildman–Crippen LogP) is 3.31. The number of ether oxygens (including phenoxy) is 1. The average molecular weight is 342 g/mol. The van der Waals surface area contributed by atoms with Crippen LogP contribution in [0.4, 0.5) is 0 Å². The first-order chi connectivity index (χ1) is 12.2. The molecule has 2 atom stereocenters. The number of amides is 1. The fourth-order valence-electron chi connectivity index (χ4n) is 4.99. The molecule has 3 fully saturated rings. The van der Waals surface area contributed by atoms with Gasteiger partial charge in [0.1, 0.15) is 5.75 Å². The van der Waals surface area contributed by atoms with Crippen molar-refractivity contribution in [1.82, 2.24) is 9.80 Å². The molecule has 2 heterocycles. The summed E-state index contributed by atoms with van der Waals surface area (Å²) in [5.41, 5.74) is 1.23. The lowest BCUT2D eigenvalue weighted by Gasteiger charge is -2.47. The van der Waals surface area contributed by atoms with E-state index in [2.05, 4.69) is 21.9 Å². The minimum absolute atomic E-state index is 0.0834. The summed E-state index contributed by atoms with van der Waals surface area (Å²) in [6.45, 7) is 3.88. The van der Waals surface area contributed by atoms with Crippen LogP contribution < -0.4 is 4.74 Å². The molecule has 2 saturated heterocycles. The van der Waals surface area contributed by atoms with Crippen LogP contribution in [-0.2, 0) is 11.3 Å². The molecule has 1 aromatic carbocycles. The van der Waals surface area contributed by atoms with E-state index in [9.17, 15) is 4.79 Å². The largest absolute Gasteiger partial charge is 0.497 e. The third-order valence-electron chi connectivity index (χ3n) is 6.37. The van der Waals surface area contributed by atoms with Gasteiger partial charge in [-0.25, -0.2) is 0 Å². The lowest BCUT2D eigenvalue weighted by molar-refractivity contribution is -0.146. The van der Waals surface area contributed by atoms with Crippen LogP contribution in [0.2, 0.25) is 0 Å². The maximum atomic E-state index is 13.1. The van der Waals surface area contributed by atoms with Crippen molar-refractivity contribution in [3.63, 3.8) is 0 Å². The molecule has 1 saturated carbocycles. The molecule has 0 aromatic heterocycles. The second-order valence-corrected chi connectivity index (χ2v) is 8.12. The number of carbonyl (C=O) groups is 1. The van der Waals surface area contributed by atoms with Gasteiger partial charge in [0, 0.05) is 19.6 Å². The van der Waals surface area contributed by atoms with Crippen molar-refractivity contribution in [3.8, 4) is 5.75 Å². The first-order valence-corrected chi connectivity index (χ1v) is 9.88. The number of hydrogen-bond donors (Lipinski definition) is 0. The van der Waals surface area contributed by atoms with Gasteiger partial charge in [0.2, 0.25) is 5.91 Å². The first kappa shape index (κ1) is 16.9. The Kier molecular flexibility index (Phi) is 4.98. The van der Waals surface area contributed by atoms with Crippen molar-refractivity contribution >= 4 is 5.91 Å². The number of likely N-dealkylation sites (tertiary alicyclic amines) is 2. The second kappa shape index (κ2) is 7.36. The van der Waals surface area contributed by atoms with Gasteiger partial charge in [-0.3, -0.25) is 9.69 Å². The van der Waals surface area contributed by atoms with Crippen LogP contribution in [0, 0.1) is 11.8 Å². The quantitative estimate of drug-likeness (QED) is 0.823. The third kappa shape index (κ3) is 3.69. The molecule has 0 unspecified atom stereocenters. The maximum Gasteiger partial charge on any atom is 0.239 e. The molecular weight excluding hydrogens is 312 g/mol. The van der Waals surface area contributed by atoms with Crippen LogP contribution in [0.3, 0.4) is 0 Å². The Labute approximate surface area is 151 Å². The minimum atomic E-state index is 0.0834. The Balaban J connectivity index is 1.44. The standard InChI is InChI=1S/C21H30N2O2/c1-25-19-8-4-7-17(11-19)14-22-10-9-18-12-20(22)21(24)23(15-18)13-16-5-2-3-6-16/h4,7-8,11,16,18,20H,2-3,5-6,9-10,12-15H2,1H3/t18-,20+/m0/s1. The van der Waals surface area contributed by atoms with E-state index < -0.39 is 0 Å². The zero-order valence-corrected chi connectivity index (χ0v) is 15.3. The predicted molar refractivity (Wildman–Crippen MR) is 98.5 cm³/mol. The van der Waals surface area contributed by atoms with E-state index in [-0.39, 0.29) is 6.04 Å². The highest BCUT2D eigenvalue weighted by Crippen LogP contribution is 2.33. The molecule has 1 aromatic rings. The number of nitrogens with zero attached hydrogens (tertiary/aromatic N) is 2. The Bertz CT molecular complexity index is 612. The third-order valence-corrected chi connectivity index (χ3v) is 6.37. The lowest BCUT2D eigenvalue weighted by atomic mass is 9.85. The van der Waals surface area contributed by atoms with Crippen molar-refractivity contribution in [2.45, 2.75) is 51.1 Å². The highest BCUT2D eigenvalue weighted by molar-refractivity contribution is 5.83. The monoisotopic (exact) mass is 342 g/mol. The summed E-state index contributed by atoms with van der Waals surface area (Å²) in [6, 6.07) is 8.33. The smallest absolute Gasteiger partial charge is 0.239 e. The second-order valence-electron chi connectivity index (χ2n) is 8.12. The van der Waals surface area contributed by atoms with Gasteiger partial charge in [-0.2, -0.15) is 0 Å².